The summed E-state index contributed by atoms with van der Waals surface area (Å²) in [6, 6.07) is 7.20. The van der Waals surface area contributed by atoms with E-state index in [9.17, 15) is 0 Å². The molecule has 1 heterocycles. The molecule has 1 aliphatic rings. The van der Waals surface area contributed by atoms with Crippen LogP contribution in [-0.2, 0) is 6.54 Å². The zero-order valence-corrected chi connectivity index (χ0v) is 14.8. The van der Waals surface area contributed by atoms with E-state index in [1.807, 2.05) is 11.6 Å². The normalized spacial score (nSPS) is 14.8. The standard InChI is InChI=1S/C15H17Br2N3/c1-9-15(17)10(2)20(19-9)14-6-3-11(7-13(14)16)8-18-12-4-5-12/h3,6-7,12,18H,4-5,8H2,1-2H3. The van der Waals surface area contributed by atoms with Crippen molar-refractivity contribution in [3.05, 3.63) is 44.1 Å². The molecule has 0 atom stereocenters. The van der Waals surface area contributed by atoms with Gasteiger partial charge in [-0.05, 0) is 76.2 Å². The average Bonchev–Trinajstić information content (AvgIpc) is 3.21. The molecule has 0 saturated heterocycles. The first-order valence-corrected chi connectivity index (χ1v) is 8.39. The molecule has 1 N–H and O–H groups in total. The van der Waals surface area contributed by atoms with Gasteiger partial charge in [0.05, 0.1) is 21.5 Å². The summed E-state index contributed by atoms with van der Waals surface area (Å²) >= 11 is 7.25. The number of halogens is 2. The van der Waals surface area contributed by atoms with E-state index in [1.165, 1.54) is 18.4 Å². The van der Waals surface area contributed by atoms with Gasteiger partial charge < -0.3 is 5.32 Å². The van der Waals surface area contributed by atoms with Crippen molar-refractivity contribution in [2.75, 3.05) is 0 Å². The van der Waals surface area contributed by atoms with Gasteiger partial charge in [-0.15, -0.1) is 0 Å². The van der Waals surface area contributed by atoms with Crippen LogP contribution in [0.1, 0.15) is 29.8 Å². The van der Waals surface area contributed by atoms with Crippen molar-refractivity contribution in [1.29, 1.82) is 0 Å². The van der Waals surface area contributed by atoms with E-state index in [4.69, 9.17) is 0 Å². The van der Waals surface area contributed by atoms with Gasteiger partial charge in [0.15, 0.2) is 0 Å². The van der Waals surface area contributed by atoms with Crippen molar-refractivity contribution in [3.63, 3.8) is 0 Å². The summed E-state index contributed by atoms with van der Waals surface area (Å²) in [5.41, 5.74) is 4.50. The molecule has 0 radical (unpaired) electrons. The number of nitrogens with one attached hydrogen (secondary N) is 1. The highest BCUT2D eigenvalue weighted by Crippen LogP contribution is 2.28. The van der Waals surface area contributed by atoms with E-state index in [-0.39, 0.29) is 0 Å². The minimum absolute atomic E-state index is 0.736. The van der Waals surface area contributed by atoms with Crippen LogP contribution >= 0.6 is 31.9 Å². The summed E-state index contributed by atoms with van der Waals surface area (Å²) in [6.07, 6.45) is 2.64. The van der Waals surface area contributed by atoms with E-state index in [1.54, 1.807) is 0 Å². The number of aryl methyl sites for hydroxylation is 1. The Kier molecular flexibility index (Phi) is 4.02. The maximum absolute atomic E-state index is 4.58. The average molecular weight is 399 g/mol. The quantitative estimate of drug-likeness (QED) is 0.833. The maximum Gasteiger partial charge on any atom is 0.0791 e. The third-order valence-corrected chi connectivity index (χ3v) is 5.40. The highest BCUT2D eigenvalue weighted by molar-refractivity contribution is 9.11. The largest absolute Gasteiger partial charge is 0.310 e. The summed E-state index contributed by atoms with van der Waals surface area (Å²) < 4.78 is 4.12. The monoisotopic (exact) mass is 397 g/mol. The van der Waals surface area contributed by atoms with Crippen LogP contribution in [0.2, 0.25) is 0 Å². The fraction of sp³-hybridized carbons (Fsp3) is 0.400. The van der Waals surface area contributed by atoms with Crippen LogP contribution in [0, 0.1) is 13.8 Å². The summed E-state index contributed by atoms with van der Waals surface area (Å²) in [5.74, 6) is 0. The fourth-order valence-electron chi connectivity index (χ4n) is 2.24. The van der Waals surface area contributed by atoms with Gasteiger partial charge in [-0.1, -0.05) is 6.07 Å². The van der Waals surface area contributed by atoms with Gasteiger partial charge >= 0.3 is 0 Å². The minimum Gasteiger partial charge on any atom is -0.310 e. The Bertz CT molecular complexity index is 645. The molecule has 1 aromatic carbocycles. The van der Waals surface area contributed by atoms with Gasteiger partial charge in [0, 0.05) is 17.1 Å². The maximum atomic E-state index is 4.58. The van der Waals surface area contributed by atoms with Gasteiger partial charge in [-0.25, -0.2) is 4.68 Å². The van der Waals surface area contributed by atoms with E-state index >= 15 is 0 Å². The molecule has 0 bridgehead atoms. The third-order valence-electron chi connectivity index (χ3n) is 3.62. The lowest BCUT2D eigenvalue weighted by Crippen LogP contribution is -2.15. The zero-order valence-electron chi connectivity index (χ0n) is 11.6. The topological polar surface area (TPSA) is 29.9 Å². The summed E-state index contributed by atoms with van der Waals surface area (Å²) in [5, 5.41) is 8.11. The molecule has 2 aromatic rings. The molecule has 20 heavy (non-hydrogen) atoms. The van der Waals surface area contributed by atoms with Crippen LogP contribution in [0.3, 0.4) is 0 Å². The van der Waals surface area contributed by atoms with Crippen molar-refractivity contribution in [3.8, 4) is 5.69 Å². The molecule has 3 nitrogen and oxygen atoms in total. The molecule has 0 aliphatic heterocycles. The lowest BCUT2D eigenvalue weighted by atomic mass is 10.2. The summed E-state index contributed by atoms with van der Waals surface area (Å²) in [7, 11) is 0. The smallest absolute Gasteiger partial charge is 0.0791 e. The Morgan fingerprint density at radius 1 is 1.30 bits per heavy atom. The van der Waals surface area contributed by atoms with Crippen LogP contribution in [0.4, 0.5) is 0 Å². The van der Waals surface area contributed by atoms with Gasteiger partial charge in [0.2, 0.25) is 0 Å². The Hall–Kier alpha value is -0.650. The molecule has 0 spiro atoms. The first kappa shape index (κ1) is 14.3. The van der Waals surface area contributed by atoms with Crippen molar-refractivity contribution < 1.29 is 0 Å². The molecule has 1 aliphatic carbocycles. The Labute approximate surface area is 136 Å². The molecule has 3 rings (SSSR count). The van der Waals surface area contributed by atoms with Crippen molar-refractivity contribution >= 4 is 31.9 Å². The van der Waals surface area contributed by atoms with E-state index in [0.29, 0.717) is 0 Å². The lowest BCUT2D eigenvalue weighted by molar-refractivity contribution is 0.687. The van der Waals surface area contributed by atoms with Crippen LogP contribution < -0.4 is 5.32 Å². The Balaban J connectivity index is 1.87. The van der Waals surface area contributed by atoms with Gasteiger partial charge in [0.1, 0.15) is 0 Å². The minimum atomic E-state index is 0.736. The zero-order chi connectivity index (χ0) is 14.3. The van der Waals surface area contributed by atoms with Crippen molar-refractivity contribution in [2.24, 2.45) is 0 Å². The fourth-order valence-corrected chi connectivity index (χ4v) is 3.08. The number of rotatable bonds is 4. The molecular formula is C15H17Br2N3. The second-order valence-electron chi connectivity index (χ2n) is 5.34. The summed E-state index contributed by atoms with van der Waals surface area (Å²) in [6.45, 7) is 5.01. The van der Waals surface area contributed by atoms with Crippen LogP contribution in [-0.4, -0.2) is 15.8 Å². The predicted molar refractivity (Wildman–Crippen MR) is 88.3 cm³/mol. The first-order valence-electron chi connectivity index (χ1n) is 6.80. The van der Waals surface area contributed by atoms with Gasteiger partial charge in [-0.3, -0.25) is 0 Å². The summed E-state index contributed by atoms with van der Waals surface area (Å²) in [4.78, 5) is 0. The highest BCUT2D eigenvalue weighted by Gasteiger charge is 2.20. The SMILES string of the molecule is Cc1nn(-c2ccc(CNC3CC3)cc2Br)c(C)c1Br. The van der Waals surface area contributed by atoms with Crippen molar-refractivity contribution in [1.82, 2.24) is 15.1 Å². The Morgan fingerprint density at radius 3 is 2.60 bits per heavy atom. The van der Waals surface area contributed by atoms with Crippen LogP contribution in [0.25, 0.3) is 5.69 Å². The Morgan fingerprint density at radius 2 is 2.05 bits per heavy atom. The molecule has 106 valence electrons. The number of hydrogen-bond donors (Lipinski definition) is 1. The van der Waals surface area contributed by atoms with Crippen LogP contribution in [0.5, 0.6) is 0 Å². The molecule has 0 amide bonds. The number of hydrogen-bond acceptors (Lipinski definition) is 2. The van der Waals surface area contributed by atoms with E-state index in [0.717, 1.165) is 38.6 Å². The highest BCUT2D eigenvalue weighted by atomic mass is 79.9. The van der Waals surface area contributed by atoms with E-state index < -0.39 is 0 Å². The van der Waals surface area contributed by atoms with Crippen LogP contribution in [0.15, 0.2) is 27.1 Å². The van der Waals surface area contributed by atoms with Crippen molar-refractivity contribution in [2.45, 2.75) is 39.3 Å². The number of benzene rings is 1. The number of aromatic nitrogens is 2. The molecule has 1 saturated carbocycles. The molecule has 5 heteroatoms. The van der Waals surface area contributed by atoms with E-state index in [2.05, 4.69) is 67.4 Å². The van der Waals surface area contributed by atoms with Gasteiger partial charge in [-0.2, -0.15) is 5.10 Å². The third kappa shape index (κ3) is 2.85. The predicted octanol–water partition coefficient (Wildman–Crippen LogP) is 4.27. The molecular weight excluding hydrogens is 382 g/mol. The second kappa shape index (κ2) is 5.62. The van der Waals surface area contributed by atoms with Gasteiger partial charge in [0.25, 0.3) is 0 Å². The first-order chi connectivity index (χ1) is 9.56. The molecule has 0 unspecified atom stereocenters. The second-order valence-corrected chi connectivity index (χ2v) is 6.98. The number of nitrogens with zero attached hydrogens (tertiary/aromatic N) is 2. The lowest BCUT2D eigenvalue weighted by Gasteiger charge is -2.10. The molecule has 1 fully saturated rings. The molecule has 1 aromatic heterocycles.